The van der Waals surface area contributed by atoms with E-state index in [9.17, 15) is 0 Å². The van der Waals surface area contributed by atoms with Crippen LogP contribution in [-0.2, 0) is 4.74 Å². The maximum atomic E-state index is 6.55. The smallest absolute Gasteiger partial charge is 0.226 e. The van der Waals surface area contributed by atoms with Crippen LogP contribution in [0.4, 0.5) is 17.5 Å². The van der Waals surface area contributed by atoms with Crippen molar-refractivity contribution in [3.63, 3.8) is 0 Å². The molecule has 0 amide bonds. The van der Waals surface area contributed by atoms with Crippen LogP contribution in [0, 0.1) is 0 Å². The molecule has 1 atom stereocenters. The SMILES string of the molecule is Clc1cc(Nc2ncnc3cnc(N4CC[C@@]45CCOC5)nc23)ccc1Oc1ccn2ncnc2c1. The van der Waals surface area contributed by atoms with Gasteiger partial charge in [-0.2, -0.15) is 5.10 Å². The van der Waals surface area contributed by atoms with Crippen LogP contribution in [0.15, 0.2) is 55.4 Å². The van der Waals surface area contributed by atoms with E-state index in [1.165, 1.54) is 12.7 Å². The molecule has 0 bridgehead atoms. The van der Waals surface area contributed by atoms with Crippen molar-refractivity contribution in [2.24, 2.45) is 0 Å². The molecule has 7 rings (SSSR count). The number of ether oxygens (including phenoxy) is 2. The van der Waals surface area contributed by atoms with Gasteiger partial charge in [-0.05, 0) is 37.1 Å². The van der Waals surface area contributed by atoms with Crippen LogP contribution >= 0.6 is 11.6 Å². The van der Waals surface area contributed by atoms with Crippen molar-refractivity contribution in [2.45, 2.75) is 18.4 Å². The topological polar surface area (TPSA) is 115 Å². The molecular formula is C24H20ClN9O2. The number of pyridine rings is 1. The van der Waals surface area contributed by atoms with E-state index in [1.807, 2.05) is 6.07 Å². The summed E-state index contributed by atoms with van der Waals surface area (Å²) in [7, 11) is 0. The van der Waals surface area contributed by atoms with E-state index < -0.39 is 0 Å². The summed E-state index contributed by atoms with van der Waals surface area (Å²) in [6.07, 6.45) is 8.57. The molecule has 1 N–H and O–H groups in total. The van der Waals surface area contributed by atoms with Crippen molar-refractivity contribution < 1.29 is 9.47 Å². The number of nitrogens with one attached hydrogen (secondary N) is 1. The lowest BCUT2D eigenvalue weighted by atomic mass is 9.84. The molecule has 2 aliphatic heterocycles. The zero-order valence-corrected chi connectivity index (χ0v) is 19.8. The molecule has 11 nitrogen and oxygen atoms in total. The molecule has 5 aromatic rings. The van der Waals surface area contributed by atoms with Crippen molar-refractivity contribution in [3.8, 4) is 11.5 Å². The van der Waals surface area contributed by atoms with Crippen LogP contribution in [-0.4, -0.2) is 59.8 Å². The summed E-state index contributed by atoms with van der Waals surface area (Å²) >= 11 is 6.55. The van der Waals surface area contributed by atoms with Gasteiger partial charge >= 0.3 is 0 Å². The summed E-state index contributed by atoms with van der Waals surface area (Å²) in [6.45, 7) is 2.40. The maximum Gasteiger partial charge on any atom is 0.226 e. The van der Waals surface area contributed by atoms with E-state index >= 15 is 0 Å². The first-order chi connectivity index (χ1) is 17.7. The zero-order valence-electron chi connectivity index (χ0n) is 19.0. The molecular weight excluding hydrogens is 482 g/mol. The van der Waals surface area contributed by atoms with E-state index in [1.54, 1.807) is 41.2 Å². The summed E-state index contributed by atoms with van der Waals surface area (Å²) < 4.78 is 13.3. The van der Waals surface area contributed by atoms with Crippen LogP contribution in [0.1, 0.15) is 12.8 Å². The molecule has 1 aromatic carbocycles. The molecule has 6 heterocycles. The van der Waals surface area contributed by atoms with Gasteiger partial charge in [-0.1, -0.05) is 11.6 Å². The number of halogens is 1. The number of aromatic nitrogens is 7. The number of anilines is 3. The molecule has 0 radical (unpaired) electrons. The van der Waals surface area contributed by atoms with E-state index in [0.29, 0.717) is 51.6 Å². The van der Waals surface area contributed by atoms with Gasteiger partial charge in [0.25, 0.3) is 0 Å². The van der Waals surface area contributed by atoms with Crippen LogP contribution in [0.5, 0.6) is 11.5 Å². The second-order valence-corrected chi connectivity index (χ2v) is 9.26. The Labute approximate surface area is 210 Å². The van der Waals surface area contributed by atoms with Crippen LogP contribution in [0.25, 0.3) is 16.7 Å². The second kappa shape index (κ2) is 8.25. The van der Waals surface area contributed by atoms with E-state index in [2.05, 4.69) is 35.3 Å². The largest absolute Gasteiger partial charge is 0.456 e. The highest BCUT2D eigenvalue weighted by Gasteiger charge is 2.48. The average Bonchev–Trinajstić information content (AvgIpc) is 3.56. The molecule has 36 heavy (non-hydrogen) atoms. The van der Waals surface area contributed by atoms with Crippen LogP contribution in [0.3, 0.4) is 0 Å². The summed E-state index contributed by atoms with van der Waals surface area (Å²) in [5.41, 5.74) is 2.73. The fourth-order valence-electron chi connectivity index (χ4n) is 4.71. The molecule has 1 spiro atoms. The lowest BCUT2D eigenvalue weighted by Gasteiger charge is -2.49. The monoisotopic (exact) mass is 501 g/mol. The predicted octanol–water partition coefficient (Wildman–Crippen LogP) is 4.02. The van der Waals surface area contributed by atoms with Gasteiger partial charge in [-0.25, -0.2) is 29.4 Å². The fourth-order valence-corrected chi connectivity index (χ4v) is 4.93. The maximum absolute atomic E-state index is 6.55. The Bertz CT molecular complexity index is 1600. The molecule has 2 fully saturated rings. The highest BCUT2D eigenvalue weighted by molar-refractivity contribution is 6.32. The quantitative estimate of drug-likeness (QED) is 0.378. The van der Waals surface area contributed by atoms with Crippen molar-refractivity contribution in [2.75, 3.05) is 30.0 Å². The summed E-state index contributed by atoms with van der Waals surface area (Å²) in [6, 6.07) is 9.04. The molecule has 0 saturated carbocycles. The van der Waals surface area contributed by atoms with Crippen molar-refractivity contribution in [1.29, 1.82) is 0 Å². The van der Waals surface area contributed by atoms with E-state index in [4.69, 9.17) is 26.1 Å². The van der Waals surface area contributed by atoms with E-state index in [0.717, 1.165) is 31.7 Å². The third-order valence-electron chi connectivity index (χ3n) is 6.74. The van der Waals surface area contributed by atoms with Gasteiger partial charge < -0.3 is 19.7 Å². The Kier molecular flexibility index (Phi) is 4.86. The molecule has 0 aliphatic carbocycles. The van der Waals surface area contributed by atoms with Gasteiger partial charge in [0.1, 0.15) is 35.2 Å². The standard InChI is InChI=1S/C24H20ClN9O2/c25-17-9-15(1-2-19(17)36-16-3-6-34-20(10-16)28-14-30-34)31-22-21-18(27-13-29-22)11-26-23(32-21)33-7-4-24(33)5-8-35-12-24/h1-3,6,9-11,13-14H,4-5,7-8,12H2,(H,27,29,31)/t24-/m0/s1. The highest BCUT2D eigenvalue weighted by atomic mass is 35.5. The first-order valence-corrected chi connectivity index (χ1v) is 11.9. The summed E-state index contributed by atoms with van der Waals surface area (Å²) in [4.78, 5) is 24.6. The molecule has 12 heteroatoms. The Morgan fingerprint density at radius 1 is 1.06 bits per heavy atom. The molecule has 2 aliphatic rings. The molecule has 2 saturated heterocycles. The van der Waals surface area contributed by atoms with Gasteiger partial charge in [0.15, 0.2) is 11.5 Å². The number of rotatable bonds is 5. The first-order valence-electron chi connectivity index (χ1n) is 11.5. The van der Waals surface area contributed by atoms with E-state index in [-0.39, 0.29) is 5.54 Å². The van der Waals surface area contributed by atoms with Gasteiger partial charge in [-0.3, -0.25) is 0 Å². The minimum atomic E-state index is 0.0128. The molecule has 0 unspecified atom stereocenters. The van der Waals surface area contributed by atoms with Gasteiger partial charge in [0.05, 0.1) is 23.4 Å². The van der Waals surface area contributed by atoms with Gasteiger partial charge in [0, 0.05) is 31.1 Å². The zero-order chi connectivity index (χ0) is 24.1. The number of hydrogen-bond acceptors (Lipinski definition) is 10. The third kappa shape index (κ3) is 3.55. The van der Waals surface area contributed by atoms with Gasteiger partial charge in [-0.15, -0.1) is 0 Å². The number of fused-ring (bicyclic) bond motifs is 2. The first kappa shape index (κ1) is 21.2. The molecule has 4 aromatic heterocycles. The number of nitrogens with zero attached hydrogens (tertiary/aromatic N) is 8. The van der Waals surface area contributed by atoms with Crippen LogP contribution in [0.2, 0.25) is 5.02 Å². The molecule has 180 valence electrons. The minimum Gasteiger partial charge on any atom is -0.456 e. The van der Waals surface area contributed by atoms with Crippen molar-refractivity contribution >= 4 is 45.7 Å². The number of benzene rings is 1. The van der Waals surface area contributed by atoms with Gasteiger partial charge in [0.2, 0.25) is 5.95 Å². The Morgan fingerprint density at radius 2 is 2.03 bits per heavy atom. The summed E-state index contributed by atoms with van der Waals surface area (Å²) in [5, 5.41) is 7.85. The normalized spacial score (nSPS) is 19.2. The second-order valence-electron chi connectivity index (χ2n) is 8.85. The highest BCUT2D eigenvalue weighted by Crippen LogP contribution is 2.40. The lowest BCUT2D eigenvalue weighted by Crippen LogP contribution is -2.61. The third-order valence-corrected chi connectivity index (χ3v) is 7.03. The van der Waals surface area contributed by atoms with Crippen molar-refractivity contribution in [1.82, 2.24) is 34.5 Å². The summed E-state index contributed by atoms with van der Waals surface area (Å²) in [5.74, 6) is 2.37. The van der Waals surface area contributed by atoms with Crippen LogP contribution < -0.4 is 15.0 Å². The Morgan fingerprint density at radius 3 is 2.86 bits per heavy atom. The average molecular weight is 502 g/mol. The predicted molar refractivity (Wildman–Crippen MR) is 133 cm³/mol. The fraction of sp³-hybridized carbons (Fsp3) is 0.250. The Balaban J connectivity index is 1.15. The number of hydrogen-bond donors (Lipinski definition) is 1. The lowest BCUT2D eigenvalue weighted by molar-refractivity contribution is 0.155. The minimum absolute atomic E-state index is 0.0128. The van der Waals surface area contributed by atoms with Crippen molar-refractivity contribution in [3.05, 3.63) is 60.4 Å². The Hall–Kier alpha value is -4.09.